The summed E-state index contributed by atoms with van der Waals surface area (Å²) in [6.45, 7) is 0. The maximum atomic E-state index is 9.72. The van der Waals surface area contributed by atoms with Crippen molar-refractivity contribution in [3.8, 4) is 0 Å². The van der Waals surface area contributed by atoms with Gasteiger partial charge in [0, 0.05) is 12.1 Å². The van der Waals surface area contributed by atoms with Crippen LogP contribution in [0.2, 0.25) is 0 Å². The molecule has 0 aromatic rings. The second kappa shape index (κ2) is 14.0. The van der Waals surface area contributed by atoms with Crippen LogP contribution in [0.3, 0.4) is 0 Å². The van der Waals surface area contributed by atoms with Gasteiger partial charge in [-0.15, -0.1) is 0 Å². The standard InChI is InChI=1S/C6H14N2.2C2H5O5P.Pt/c7-5-3-1-2-4-6(5)8;2*3-2(4)1-8(5,6)7;/h5-6H,1-4,7-8H2;2*1H2,(H,3,4)(H2,5,6,7);/q;;;+2/p-2/t5-,6-;;;/m1.../s1. The number of carbonyl (C=O) groups is 2. The Morgan fingerprint density at radius 2 is 1.08 bits per heavy atom. The van der Waals surface area contributed by atoms with Gasteiger partial charge in [-0.3, -0.25) is 9.13 Å². The van der Waals surface area contributed by atoms with Gasteiger partial charge < -0.3 is 50.8 Å². The molecule has 1 saturated carbocycles. The minimum absolute atomic E-state index is 0. The maximum absolute atomic E-state index is 9.72. The zero-order chi connectivity index (χ0) is 19.6. The molecule has 0 aromatic carbocycles. The first kappa shape index (κ1) is 29.6. The molecule has 12 nitrogen and oxygen atoms in total. The molecule has 1 rings (SSSR count). The van der Waals surface area contributed by atoms with E-state index >= 15 is 0 Å². The third-order valence-corrected chi connectivity index (χ3v) is 3.89. The summed E-state index contributed by atoms with van der Waals surface area (Å²) < 4.78 is 19.4. The Labute approximate surface area is 158 Å². The molecular formula is C10H22N2O10P2Pt. The van der Waals surface area contributed by atoms with Crippen molar-refractivity contribution in [2.75, 3.05) is 12.3 Å². The Bertz CT molecular complexity index is 450. The summed E-state index contributed by atoms with van der Waals surface area (Å²) in [5.41, 5.74) is 11.3. The van der Waals surface area contributed by atoms with Crippen LogP contribution in [0.1, 0.15) is 25.7 Å². The molecule has 0 bridgehead atoms. The van der Waals surface area contributed by atoms with Gasteiger partial charge in [-0.05, 0) is 12.8 Å². The second-order valence-corrected chi connectivity index (χ2v) is 8.29. The van der Waals surface area contributed by atoms with Crippen LogP contribution in [-0.4, -0.2) is 55.9 Å². The predicted molar refractivity (Wildman–Crippen MR) is 78.3 cm³/mol. The Hall–Kier alpha value is -0.152. The van der Waals surface area contributed by atoms with Gasteiger partial charge in [-0.25, -0.2) is 0 Å². The van der Waals surface area contributed by atoms with E-state index in [9.17, 15) is 28.9 Å². The summed E-state index contributed by atoms with van der Waals surface area (Å²) in [7, 11) is -8.77. The van der Waals surface area contributed by atoms with E-state index in [0.29, 0.717) is 0 Å². The molecule has 15 heteroatoms. The number of rotatable bonds is 4. The Morgan fingerprint density at radius 3 is 1.16 bits per heavy atom. The number of aliphatic carboxylic acids is 2. The number of hydrogen-bond donors (Lipinski definition) is 6. The number of nitrogens with two attached hydrogens (primary N) is 2. The smallest absolute Gasteiger partial charge is 0.549 e. The van der Waals surface area contributed by atoms with E-state index in [4.69, 9.17) is 31.0 Å². The molecule has 0 unspecified atom stereocenters. The van der Waals surface area contributed by atoms with Gasteiger partial charge in [-0.2, -0.15) is 0 Å². The summed E-state index contributed by atoms with van der Waals surface area (Å²) in [6.07, 6.45) is 2.39. The first-order valence-electron chi connectivity index (χ1n) is 6.64. The van der Waals surface area contributed by atoms with Crippen LogP contribution in [0.25, 0.3) is 0 Å². The van der Waals surface area contributed by atoms with Crippen molar-refractivity contribution in [1.82, 2.24) is 0 Å². The van der Waals surface area contributed by atoms with Crippen LogP contribution in [0.4, 0.5) is 0 Å². The van der Waals surface area contributed by atoms with E-state index in [-0.39, 0.29) is 33.1 Å². The Balaban J connectivity index is -0.000000285. The fraction of sp³-hybridized carbons (Fsp3) is 0.800. The summed E-state index contributed by atoms with van der Waals surface area (Å²) in [5.74, 6) is -3.48. The van der Waals surface area contributed by atoms with Gasteiger partial charge in [-0.1, -0.05) is 12.8 Å². The van der Waals surface area contributed by atoms with Crippen molar-refractivity contribution >= 4 is 27.1 Å². The van der Waals surface area contributed by atoms with Crippen molar-refractivity contribution in [1.29, 1.82) is 0 Å². The molecule has 0 amide bonds. The van der Waals surface area contributed by atoms with Crippen LogP contribution in [0.5, 0.6) is 0 Å². The second-order valence-electron chi connectivity index (χ2n) is 5.00. The Morgan fingerprint density at radius 1 is 0.840 bits per heavy atom. The predicted octanol–water partition coefficient (Wildman–Crippen LogP) is -3.96. The third kappa shape index (κ3) is 26.2. The van der Waals surface area contributed by atoms with Gasteiger partial charge in [0.2, 0.25) is 0 Å². The fourth-order valence-corrected chi connectivity index (χ4v) is 2.20. The normalized spacial score (nSPS) is 19.9. The van der Waals surface area contributed by atoms with E-state index in [0.717, 1.165) is 12.8 Å². The number of hydrogen-bond acceptors (Lipinski definition) is 8. The molecule has 0 saturated heterocycles. The number of carboxylic acid groups (broad SMARTS) is 2. The first-order valence-corrected chi connectivity index (χ1v) is 10.2. The molecule has 1 aliphatic carbocycles. The number of carboxylic acids is 2. The molecule has 152 valence electrons. The molecule has 1 aliphatic rings. The van der Waals surface area contributed by atoms with Crippen LogP contribution < -0.4 is 21.7 Å². The minimum Gasteiger partial charge on any atom is -0.549 e. The van der Waals surface area contributed by atoms with E-state index in [2.05, 4.69) is 0 Å². The van der Waals surface area contributed by atoms with E-state index in [1.54, 1.807) is 0 Å². The average molecular weight is 587 g/mol. The topological polar surface area (TPSA) is 247 Å². The quantitative estimate of drug-likeness (QED) is 0.173. The summed E-state index contributed by atoms with van der Waals surface area (Å²) in [6, 6.07) is 0.562. The molecular weight excluding hydrogens is 565 g/mol. The zero-order valence-electron chi connectivity index (χ0n) is 13.0. The van der Waals surface area contributed by atoms with Crippen molar-refractivity contribution in [3.63, 3.8) is 0 Å². The van der Waals surface area contributed by atoms with Gasteiger partial charge >= 0.3 is 36.3 Å². The van der Waals surface area contributed by atoms with Crippen molar-refractivity contribution in [2.24, 2.45) is 11.5 Å². The van der Waals surface area contributed by atoms with Crippen LogP contribution in [0, 0.1) is 0 Å². The zero-order valence-corrected chi connectivity index (χ0v) is 17.1. The molecule has 8 N–H and O–H groups in total. The summed E-state index contributed by atoms with van der Waals surface area (Å²) >= 11 is 0. The molecule has 0 aromatic heterocycles. The van der Waals surface area contributed by atoms with Gasteiger partial charge in [0.15, 0.2) is 0 Å². The van der Waals surface area contributed by atoms with E-state index in [1.165, 1.54) is 12.8 Å². The van der Waals surface area contributed by atoms with E-state index < -0.39 is 39.5 Å². The van der Waals surface area contributed by atoms with Crippen LogP contribution >= 0.6 is 15.2 Å². The largest absolute Gasteiger partial charge is 2.00 e. The molecule has 0 heterocycles. The van der Waals surface area contributed by atoms with E-state index in [1.807, 2.05) is 0 Å². The van der Waals surface area contributed by atoms with Crippen molar-refractivity contribution < 1.29 is 69.6 Å². The summed E-state index contributed by atoms with van der Waals surface area (Å²) in [4.78, 5) is 50.3. The molecule has 0 aliphatic heterocycles. The molecule has 0 spiro atoms. The maximum Gasteiger partial charge on any atom is 2.00 e. The van der Waals surface area contributed by atoms with Crippen LogP contribution in [-0.2, 0) is 39.8 Å². The SMILES string of the molecule is N[C@@H]1CCCC[C@H]1N.O=C([O-])CP(=O)(O)O.O=C([O-])CP(=O)(O)O.[Pt+2]. The van der Waals surface area contributed by atoms with Crippen molar-refractivity contribution in [3.05, 3.63) is 0 Å². The van der Waals surface area contributed by atoms with Gasteiger partial charge in [0.05, 0.1) is 24.3 Å². The van der Waals surface area contributed by atoms with Crippen LogP contribution in [0.15, 0.2) is 0 Å². The molecule has 25 heavy (non-hydrogen) atoms. The number of carbonyl (C=O) groups excluding carboxylic acids is 2. The Kier molecular flexibility index (Phi) is 16.5. The summed E-state index contributed by atoms with van der Waals surface area (Å²) in [5, 5.41) is 18.8. The van der Waals surface area contributed by atoms with Crippen molar-refractivity contribution in [2.45, 2.75) is 37.8 Å². The minimum atomic E-state index is -4.38. The molecule has 0 radical (unpaired) electrons. The fourth-order valence-electron chi connectivity index (χ4n) is 1.52. The molecule has 2 atom stereocenters. The van der Waals surface area contributed by atoms with Gasteiger partial charge in [0.1, 0.15) is 0 Å². The first-order chi connectivity index (χ1) is 10.6. The monoisotopic (exact) mass is 587 g/mol. The average Bonchev–Trinajstić information content (AvgIpc) is 2.28. The third-order valence-electron chi connectivity index (χ3n) is 2.54. The molecule has 1 fully saturated rings. The van der Waals surface area contributed by atoms with Gasteiger partial charge in [0.25, 0.3) is 0 Å².